The molecule has 1 aromatic heterocycles. The number of nitrogens with zero attached hydrogens (tertiary/aromatic N) is 2. The van der Waals surface area contributed by atoms with Crippen molar-refractivity contribution in [3.8, 4) is 0 Å². The Kier molecular flexibility index (Phi) is 3.53. The van der Waals surface area contributed by atoms with Crippen LogP contribution in [0, 0.1) is 0 Å². The van der Waals surface area contributed by atoms with Crippen molar-refractivity contribution in [2.24, 2.45) is 0 Å². The van der Waals surface area contributed by atoms with E-state index >= 15 is 0 Å². The first-order valence-corrected chi connectivity index (χ1v) is 4.29. The maximum absolute atomic E-state index is 12.1. The molecule has 0 amide bonds. The molecule has 0 unspecified atom stereocenters. The molecule has 0 aromatic carbocycles. The highest BCUT2D eigenvalue weighted by Crippen LogP contribution is 2.24. The van der Waals surface area contributed by atoms with E-state index in [2.05, 4.69) is 5.10 Å². The predicted molar refractivity (Wildman–Crippen MR) is 48.9 cm³/mol. The summed E-state index contributed by atoms with van der Waals surface area (Å²) in [7, 11) is 1.44. The van der Waals surface area contributed by atoms with Crippen molar-refractivity contribution in [1.82, 2.24) is 9.78 Å². The third-order valence-electron chi connectivity index (χ3n) is 1.82. The van der Waals surface area contributed by atoms with Gasteiger partial charge in [0.05, 0.1) is 18.7 Å². The Labute approximate surface area is 89.0 Å². The van der Waals surface area contributed by atoms with Gasteiger partial charge in [-0.05, 0) is 0 Å². The molecule has 1 heterocycles. The molecule has 90 valence electrons. The van der Waals surface area contributed by atoms with Gasteiger partial charge in [-0.2, -0.15) is 18.3 Å². The third-order valence-corrected chi connectivity index (χ3v) is 1.82. The number of ether oxygens (including phenoxy) is 1. The number of halogens is 3. The summed E-state index contributed by atoms with van der Waals surface area (Å²) in [6, 6.07) is 0. The highest BCUT2D eigenvalue weighted by atomic mass is 19.4. The molecule has 0 atom stereocenters. The quantitative estimate of drug-likeness (QED) is 0.788. The fraction of sp³-hybridized carbons (Fsp3) is 0.500. The zero-order chi connectivity index (χ0) is 12.3. The minimum absolute atomic E-state index is 0.228. The molecule has 0 saturated carbocycles. The number of nitrogen functional groups attached to an aromatic ring is 1. The van der Waals surface area contributed by atoms with E-state index in [1.165, 1.54) is 7.11 Å². The Morgan fingerprint density at radius 1 is 1.62 bits per heavy atom. The SMILES string of the molecule is COCCn1cc(C(=O)C(F)(F)F)c(N)n1. The fourth-order valence-electron chi connectivity index (χ4n) is 1.06. The number of hydrogen-bond acceptors (Lipinski definition) is 4. The smallest absolute Gasteiger partial charge is 0.383 e. The summed E-state index contributed by atoms with van der Waals surface area (Å²) in [5, 5.41) is 3.58. The number of nitrogens with two attached hydrogens (primary N) is 1. The van der Waals surface area contributed by atoms with Crippen molar-refractivity contribution >= 4 is 11.6 Å². The highest BCUT2D eigenvalue weighted by molar-refractivity contribution is 6.03. The van der Waals surface area contributed by atoms with E-state index in [4.69, 9.17) is 10.5 Å². The number of anilines is 1. The minimum atomic E-state index is -4.94. The maximum Gasteiger partial charge on any atom is 0.455 e. The molecule has 0 bridgehead atoms. The lowest BCUT2D eigenvalue weighted by molar-refractivity contribution is -0.0884. The van der Waals surface area contributed by atoms with E-state index in [1.54, 1.807) is 0 Å². The van der Waals surface area contributed by atoms with Crippen molar-refractivity contribution in [3.63, 3.8) is 0 Å². The molecular weight excluding hydrogens is 227 g/mol. The third kappa shape index (κ3) is 2.72. The average Bonchev–Trinajstić information content (AvgIpc) is 2.54. The Morgan fingerprint density at radius 2 is 2.25 bits per heavy atom. The van der Waals surface area contributed by atoms with E-state index in [0.717, 1.165) is 10.9 Å². The Hall–Kier alpha value is -1.57. The summed E-state index contributed by atoms with van der Waals surface area (Å²) in [5.74, 6) is -2.42. The lowest BCUT2D eigenvalue weighted by atomic mass is 10.2. The molecule has 1 rings (SSSR count). The van der Waals surface area contributed by atoms with E-state index in [1.807, 2.05) is 0 Å². The molecule has 0 spiro atoms. The highest BCUT2D eigenvalue weighted by Gasteiger charge is 2.41. The Bertz CT molecular complexity index is 386. The summed E-state index contributed by atoms with van der Waals surface area (Å²) in [6.45, 7) is 0.493. The van der Waals surface area contributed by atoms with Crippen molar-refractivity contribution in [2.45, 2.75) is 12.7 Å². The van der Waals surface area contributed by atoms with E-state index in [0.29, 0.717) is 0 Å². The molecule has 8 heteroatoms. The topological polar surface area (TPSA) is 70.1 Å². The Morgan fingerprint density at radius 3 is 2.75 bits per heavy atom. The number of Topliss-reactive ketones (excluding diaryl/α,β-unsaturated/α-hetero) is 1. The summed E-state index contributed by atoms with van der Waals surface area (Å²) < 4.78 is 42.2. The van der Waals surface area contributed by atoms with Gasteiger partial charge in [-0.15, -0.1) is 0 Å². The van der Waals surface area contributed by atoms with Crippen LogP contribution in [0.3, 0.4) is 0 Å². The maximum atomic E-state index is 12.1. The molecule has 0 aliphatic heterocycles. The fourth-order valence-corrected chi connectivity index (χ4v) is 1.06. The first-order valence-electron chi connectivity index (χ1n) is 4.29. The molecule has 5 nitrogen and oxygen atoms in total. The molecule has 0 saturated heterocycles. The number of rotatable bonds is 4. The monoisotopic (exact) mass is 237 g/mol. The van der Waals surface area contributed by atoms with Crippen LogP contribution < -0.4 is 5.73 Å². The standard InChI is InChI=1S/C8H10F3N3O2/c1-16-3-2-14-4-5(7(12)13-14)6(15)8(9,10)11/h4H,2-3H2,1H3,(H2,12,13). The number of carbonyl (C=O) groups is 1. The van der Waals surface area contributed by atoms with Crippen LogP contribution in [0.25, 0.3) is 0 Å². The second kappa shape index (κ2) is 4.52. The molecule has 0 aliphatic carbocycles. The van der Waals surface area contributed by atoms with Gasteiger partial charge in [-0.25, -0.2) is 0 Å². The van der Waals surface area contributed by atoms with Crippen molar-refractivity contribution in [3.05, 3.63) is 11.8 Å². The van der Waals surface area contributed by atoms with Crippen LogP contribution in [0.2, 0.25) is 0 Å². The van der Waals surface area contributed by atoms with Gasteiger partial charge in [-0.1, -0.05) is 0 Å². The second-order valence-electron chi connectivity index (χ2n) is 3.01. The summed E-state index contributed by atoms with van der Waals surface area (Å²) in [6.07, 6.45) is -3.98. The first kappa shape index (κ1) is 12.5. The number of hydrogen-bond donors (Lipinski definition) is 1. The molecule has 1 aromatic rings. The van der Waals surface area contributed by atoms with Gasteiger partial charge >= 0.3 is 6.18 Å². The van der Waals surface area contributed by atoms with Crippen LogP contribution in [0.1, 0.15) is 10.4 Å². The van der Waals surface area contributed by atoms with E-state index < -0.39 is 23.3 Å². The normalized spacial score (nSPS) is 11.8. The first-order chi connectivity index (χ1) is 7.36. The van der Waals surface area contributed by atoms with Gasteiger partial charge < -0.3 is 10.5 Å². The molecular formula is C8H10F3N3O2. The van der Waals surface area contributed by atoms with Crippen LogP contribution in [0.5, 0.6) is 0 Å². The summed E-state index contributed by atoms with van der Waals surface area (Å²) in [4.78, 5) is 10.9. The summed E-state index contributed by atoms with van der Waals surface area (Å²) in [5.41, 5.74) is 4.58. The lowest BCUT2D eigenvalue weighted by Crippen LogP contribution is -2.23. The molecule has 0 radical (unpaired) electrons. The van der Waals surface area contributed by atoms with Crippen LogP contribution in [-0.4, -0.2) is 35.5 Å². The largest absolute Gasteiger partial charge is 0.455 e. The van der Waals surface area contributed by atoms with Gasteiger partial charge in [0, 0.05) is 13.3 Å². The summed E-state index contributed by atoms with van der Waals surface area (Å²) >= 11 is 0. The number of alkyl halides is 3. The van der Waals surface area contributed by atoms with Crippen LogP contribution >= 0.6 is 0 Å². The zero-order valence-corrected chi connectivity index (χ0v) is 8.41. The number of aromatic nitrogens is 2. The zero-order valence-electron chi connectivity index (χ0n) is 8.41. The van der Waals surface area contributed by atoms with E-state index in [9.17, 15) is 18.0 Å². The van der Waals surface area contributed by atoms with Gasteiger partial charge in [-0.3, -0.25) is 9.48 Å². The van der Waals surface area contributed by atoms with E-state index in [-0.39, 0.29) is 13.2 Å². The van der Waals surface area contributed by atoms with Crippen molar-refractivity contribution in [1.29, 1.82) is 0 Å². The van der Waals surface area contributed by atoms with Crippen LogP contribution in [-0.2, 0) is 11.3 Å². The van der Waals surface area contributed by atoms with Crippen molar-refractivity contribution < 1.29 is 22.7 Å². The number of carbonyl (C=O) groups excluding carboxylic acids is 1. The number of ketones is 1. The minimum Gasteiger partial charge on any atom is -0.383 e. The predicted octanol–water partition coefficient (Wildman–Crippen LogP) is 0.857. The second-order valence-corrected chi connectivity index (χ2v) is 3.01. The van der Waals surface area contributed by atoms with Crippen LogP contribution in [0.15, 0.2) is 6.20 Å². The average molecular weight is 237 g/mol. The molecule has 0 fully saturated rings. The van der Waals surface area contributed by atoms with Gasteiger partial charge in [0.15, 0.2) is 5.82 Å². The van der Waals surface area contributed by atoms with Gasteiger partial charge in [0.2, 0.25) is 0 Å². The van der Waals surface area contributed by atoms with Gasteiger partial charge in [0.1, 0.15) is 0 Å². The molecule has 2 N–H and O–H groups in total. The van der Waals surface area contributed by atoms with Gasteiger partial charge in [0.25, 0.3) is 5.78 Å². The molecule has 16 heavy (non-hydrogen) atoms. The van der Waals surface area contributed by atoms with Crippen molar-refractivity contribution in [2.75, 3.05) is 19.5 Å². The van der Waals surface area contributed by atoms with Crippen LogP contribution in [0.4, 0.5) is 19.0 Å². The molecule has 0 aliphatic rings. The lowest BCUT2D eigenvalue weighted by Gasteiger charge is -2.02. The Balaban J connectivity index is 2.89. The number of methoxy groups -OCH3 is 1.